The van der Waals surface area contributed by atoms with Crippen LogP contribution in [0.5, 0.6) is 0 Å². The van der Waals surface area contributed by atoms with E-state index in [1.165, 1.54) is 16.8 Å². The Kier molecular flexibility index (Phi) is 13.0. The number of fused-ring (bicyclic) bond motifs is 4. The van der Waals surface area contributed by atoms with Gasteiger partial charge in [0.1, 0.15) is 0 Å². The standard InChI is InChI=1S/C20H19F2NO.C9H8N2OS.C2H4F2O.CH3NO/c1-13-5-4-10-23(13)19(24)12-14-8-9-18-16(11-14)15-6-2-3-7-17(15)20(18,21)22;12-6-11-5-8-3-7-4-10-2-1-9(7)13-8;1-5-2(3)4;2-1-3/h2-3,6-9,11,13H,4-5,10,12H2,1H3;1-4,6H,5H2,(H,11,12);2H,1H3;1H,(H2,2,3). The minimum absolute atomic E-state index is 0.0365. The highest BCUT2D eigenvalue weighted by Crippen LogP contribution is 2.51. The molecule has 1 fully saturated rings. The van der Waals surface area contributed by atoms with E-state index in [1.54, 1.807) is 47.9 Å². The number of primary amides is 1. The number of halogens is 4. The first-order valence-electron chi connectivity index (χ1n) is 13.9. The molecule has 1 aliphatic heterocycles. The number of pyridine rings is 1. The third kappa shape index (κ3) is 9.08. The first-order chi connectivity index (χ1) is 21.6. The lowest BCUT2D eigenvalue weighted by molar-refractivity contribution is -0.131. The van der Waals surface area contributed by atoms with Crippen LogP contribution in [0.15, 0.2) is 67.0 Å². The van der Waals surface area contributed by atoms with Gasteiger partial charge in [-0.25, -0.2) is 0 Å². The molecule has 0 radical (unpaired) electrons. The maximum absolute atomic E-state index is 14.5. The third-order valence-electron chi connectivity index (χ3n) is 7.11. The van der Waals surface area contributed by atoms with Gasteiger partial charge in [0.2, 0.25) is 18.7 Å². The largest absolute Gasteiger partial charge is 0.372 e. The van der Waals surface area contributed by atoms with Crippen molar-refractivity contribution in [1.82, 2.24) is 15.2 Å². The molecule has 6 rings (SSSR count). The Balaban J connectivity index is 0.000000220. The molecule has 0 spiro atoms. The minimum atomic E-state index is -2.96. The van der Waals surface area contributed by atoms with Crippen molar-refractivity contribution in [1.29, 1.82) is 0 Å². The monoisotopic (exact) mass is 646 g/mol. The van der Waals surface area contributed by atoms with Crippen LogP contribution in [0.25, 0.3) is 21.2 Å². The number of carbonyl (C=O) groups excluding carboxylic acids is 3. The fourth-order valence-corrected chi connectivity index (χ4v) is 6.07. The van der Waals surface area contributed by atoms with Gasteiger partial charge < -0.3 is 20.7 Å². The number of carbonyl (C=O) groups is 3. The Labute approximate surface area is 262 Å². The number of hydrogen-bond donors (Lipinski definition) is 2. The molecule has 8 nitrogen and oxygen atoms in total. The Bertz CT molecular complexity index is 1550. The Hall–Kier alpha value is -4.36. The maximum Gasteiger partial charge on any atom is 0.345 e. The number of rotatable bonds is 6. The summed E-state index contributed by atoms with van der Waals surface area (Å²) in [5, 5.41) is 3.77. The summed E-state index contributed by atoms with van der Waals surface area (Å²) in [5.74, 6) is -2.88. The normalized spacial score (nSPS) is 15.4. The van der Waals surface area contributed by atoms with Gasteiger partial charge in [0.25, 0.3) is 5.92 Å². The summed E-state index contributed by atoms with van der Waals surface area (Å²) >= 11 is 1.68. The van der Waals surface area contributed by atoms with Crippen LogP contribution < -0.4 is 11.1 Å². The quantitative estimate of drug-likeness (QED) is 0.201. The van der Waals surface area contributed by atoms with Gasteiger partial charge >= 0.3 is 6.61 Å². The molecule has 4 aromatic rings. The predicted octanol–water partition coefficient (Wildman–Crippen LogP) is 5.86. The number of nitrogens with zero attached hydrogens (tertiary/aromatic N) is 2. The number of aromatic nitrogens is 1. The average Bonchev–Trinajstić information content (AvgIpc) is 3.71. The smallest absolute Gasteiger partial charge is 0.345 e. The van der Waals surface area contributed by atoms with Crippen molar-refractivity contribution in [2.45, 2.75) is 51.3 Å². The van der Waals surface area contributed by atoms with E-state index in [9.17, 15) is 27.2 Å². The number of benzene rings is 2. The van der Waals surface area contributed by atoms with Gasteiger partial charge in [0, 0.05) is 58.2 Å². The molecule has 2 aromatic heterocycles. The van der Waals surface area contributed by atoms with E-state index in [4.69, 9.17) is 4.79 Å². The molecule has 0 saturated carbocycles. The van der Waals surface area contributed by atoms with Crippen molar-refractivity contribution in [3.8, 4) is 11.1 Å². The molecule has 1 atom stereocenters. The van der Waals surface area contributed by atoms with Gasteiger partial charge in [0.05, 0.1) is 13.0 Å². The number of hydrogen-bond acceptors (Lipinski definition) is 6. The fraction of sp³-hybridized carbons (Fsp3) is 0.312. The molecule has 13 heteroatoms. The van der Waals surface area contributed by atoms with Crippen molar-refractivity contribution < 1.29 is 36.7 Å². The molecule has 3 N–H and O–H groups in total. The first kappa shape index (κ1) is 35.1. The zero-order valence-electron chi connectivity index (χ0n) is 24.7. The maximum atomic E-state index is 14.5. The van der Waals surface area contributed by atoms with E-state index in [0.717, 1.165) is 42.3 Å². The highest BCUT2D eigenvalue weighted by molar-refractivity contribution is 7.19. The minimum Gasteiger partial charge on any atom is -0.372 e. The zero-order valence-corrected chi connectivity index (χ0v) is 25.5. The van der Waals surface area contributed by atoms with Gasteiger partial charge in [-0.3, -0.25) is 19.4 Å². The second-order valence-corrected chi connectivity index (χ2v) is 11.2. The Morgan fingerprint density at radius 2 is 1.84 bits per heavy atom. The van der Waals surface area contributed by atoms with Gasteiger partial charge in [-0.15, -0.1) is 11.3 Å². The van der Waals surface area contributed by atoms with Gasteiger partial charge in [0.15, 0.2) is 0 Å². The molecule has 45 heavy (non-hydrogen) atoms. The van der Waals surface area contributed by atoms with E-state index in [-0.39, 0.29) is 35.9 Å². The summed E-state index contributed by atoms with van der Waals surface area (Å²) < 4.78 is 54.8. The fourth-order valence-electron chi connectivity index (χ4n) is 5.08. The number of nitrogens with one attached hydrogen (secondary N) is 1. The lowest BCUT2D eigenvalue weighted by Gasteiger charge is -2.21. The van der Waals surface area contributed by atoms with Crippen LogP contribution in [-0.2, 0) is 38.0 Å². The number of alkyl halides is 4. The SMILES string of the molecule is CC1CCCN1C(=O)Cc1ccc2c(c1)-c1ccccc1C2(F)F.COC(F)F.NC=O.O=CNCc1cc2cnccc2s1. The molecule has 1 unspecified atom stereocenters. The summed E-state index contributed by atoms with van der Waals surface area (Å²) in [6.07, 6.45) is 6.91. The lowest BCUT2D eigenvalue weighted by atomic mass is 10.0. The summed E-state index contributed by atoms with van der Waals surface area (Å²) in [5.41, 5.74) is 6.17. The van der Waals surface area contributed by atoms with Crippen molar-refractivity contribution in [2.75, 3.05) is 13.7 Å². The molecule has 0 bridgehead atoms. The molecule has 2 aromatic carbocycles. The van der Waals surface area contributed by atoms with E-state index in [2.05, 4.69) is 27.7 Å². The number of nitrogens with two attached hydrogens (primary N) is 1. The van der Waals surface area contributed by atoms with Crippen LogP contribution in [0.1, 0.15) is 41.3 Å². The molecule has 3 heterocycles. The molecule has 240 valence electrons. The lowest BCUT2D eigenvalue weighted by Crippen LogP contribution is -2.34. The predicted molar refractivity (Wildman–Crippen MR) is 165 cm³/mol. The second-order valence-electron chi connectivity index (χ2n) is 10.0. The van der Waals surface area contributed by atoms with Gasteiger partial charge in [-0.05, 0) is 48.6 Å². The second kappa shape index (κ2) is 16.6. The zero-order chi connectivity index (χ0) is 33.0. The highest BCUT2D eigenvalue weighted by atomic mass is 32.1. The number of methoxy groups -OCH3 is 1. The molecule has 3 amide bonds. The van der Waals surface area contributed by atoms with Crippen molar-refractivity contribution >= 4 is 40.2 Å². The van der Waals surface area contributed by atoms with Crippen molar-refractivity contribution in [3.05, 3.63) is 88.6 Å². The van der Waals surface area contributed by atoms with E-state index in [1.807, 2.05) is 23.2 Å². The van der Waals surface area contributed by atoms with Crippen molar-refractivity contribution in [2.24, 2.45) is 5.73 Å². The van der Waals surface area contributed by atoms with Crippen molar-refractivity contribution in [3.63, 3.8) is 0 Å². The number of amides is 3. The van der Waals surface area contributed by atoms with Crippen LogP contribution in [0.2, 0.25) is 0 Å². The molecule has 1 aliphatic carbocycles. The van der Waals surface area contributed by atoms with Crippen LogP contribution in [0.4, 0.5) is 17.6 Å². The van der Waals surface area contributed by atoms with Crippen LogP contribution in [0.3, 0.4) is 0 Å². The summed E-state index contributed by atoms with van der Waals surface area (Å²) in [6.45, 7) is 0.842. The van der Waals surface area contributed by atoms with Gasteiger partial charge in [-0.1, -0.05) is 42.5 Å². The molecule has 2 aliphatic rings. The summed E-state index contributed by atoms with van der Waals surface area (Å²) in [7, 11) is 0.949. The van der Waals surface area contributed by atoms with Crippen LogP contribution >= 0.6 is 11.3 Å². The van der Waals surface area contributed by atoms with E-state index in [0.29, 0.717) is 24.1 Å². The Morgan fingerprint density at radius 1 is 1.16 bits per heavy atom. The topological polar surface area (TPSA) is 115 Å². The average molecular weight is 647 g/mol. The summed E-state index contributed by atoms with van der Waals surface area (Å²) in [4.78, 5) is 38.2. The van der Waals surface area contributed by atoms with Crippen LogP contribution in [-0.4, -0.2) is 54.9 Å². The third-order valence-corrected chi connectivity index (χ3v) is 8.23. The van der Waals surface area contributed by atoms with Crippen LogP contribution in [0, 0.1) is 0 Å². The van der Waals surface area contributed by atoms with E-state index >= 15 is 0 Å². The molecular weight excluding hydrogens is 612 g/mol. The van der Waals surface area contributed by atoms with E-state index < -0.39 is 12.5 Å². The van der Waals surface area contributed by atoms with Gasteiger partial charge in [-0.2, -0.15) is 17.6 Å². The number of thiophene rings is 1. The first-order valence-corrected chi connectivity index (χ1v) is 14.7. The Morgan fingerprint density at radius 3 is 2.47 bits per heavy atom. The number of likely N-dealkylation sites (tertiary alicyclic amines) is 1. The molecule has 1 saturated heterocycles. The summed E-state index contributed by atoms with van der Waals surface area (Å²) in [6, 6.07) is 15.8. The number of ether oxygens (including phenoxy) is 1. The highest BCUT2D eigenvalue weighted by Gasteiger charge is 2.44. The molecular formula is C32H34F4N4O4S.